The number of ether oxygens (including phenoxy) is 2. The molecule has 2 aliphatic rings. The van der Waals surface area contributed by atoms with Gasteiger partial charge in [-0.3, -0.25) is 4.79 Å². The van der Waals surface area contributed by atoms with Gasteiger partial charge in [-0.05, 0) is 38.3 Å². The molecule has 0 N–H and O–H groups in total. The molecule has 6 nitrogen and oxygen atoms in total. The summed E-state index contributed by atoms with van der Waals surface area (Å²) < 4.78 is 24.9. The molecule has 0 saturated carbocycles. The molecule has 28 heavy (non-hydrogen) atoms. The number of halogens is 1. The van der Waals surface area contributed by atoms with Gasteiger partial charge in [0.25, 0.3) is 0 Å². The molecule has 3 heterocycles. The Hall–Kier alpha value is -2.54. The molecule has 1 atom stereocenters. The van der Waals surface area contributed by atoms with E-state index in [1.54, 1.807) is 24.3 Å². The molecule has 1 aromatic heterocycles. The molecule has 1 aromatic carbocycles. The number of hydrogen-bond acceptors (Lipinski definition) is 5. The van der Waals surface area contributed by atoms with Gasteiger partial charge in [0.05, 0.1) is 0 Å². The number of carbonyl (C=O) groups excluding carboxylic acids is 1. The molecular weight excluding hydrogens is 361 g/mol. The molecule has 2 aliphatic heterocycles. The molecule has 0 bridgehead atoms. The van der Waals surface area contributed by atoms with E-state index in [4.69, 9.17) is 9.47 Å². The molecule has 1 amide bonds. The molecule has 2 aromatic rings. The van der Waals surface area contributed by atoms with Crippen LogP contribution in [0.1, 0.15) is 36.7 Å². The van der Waals surface area contributed by atoms with Crippen LogP contribution in [0.4, 0.5) is 4.39 Å². The van der Waals surface area contributed by atoms with Crippen molar-refractivity contribution in [3.05, 3.63) is 47.7 Å². The normalized spacial score (nSPS) is 20.4. The highest BCUT2D eigenvalue weighted by molar-refractivity contribution is 5.79. The van der Waals surface area contributed by atoms with Crippen LogP contribution in [0.5, 0.6) is 11.6 Å². The van der Waals surface area contributed by atoms with Crippen LogP contribution < -0.4 is 4.74 Å². The first kappa shape index (κ1) is 18.8. The number of amides is 1. The predicted molar refractivity (Wildman–Crippen MR) is 101 cm³/mol. The summed E-state index contributed by atoms with van der Waals surface area (Å²) in [6, 6.07) is 7.93. The van der Waals surface area contributed by atoms with Gasteiger partial charge < -0.3 is 14.4 Å². The Morgan fingerprint density at radius 1 is 1.21 bits per heavy atom. The zero-order chi connectivity index (χ0) is 19.5. The first-order chi connectivity index (χ1) is 13.6. The Morgan fingerprint density at radius 2 is 2.00 bits per heavy atom. The molecule has 2 saturated heterocycles. The number of carbonyl (C=O) groups is 1. The summed E-state index contributed by atoms with van der Waals surface area (Å²) in [5.41, 5.74) is 0.755. The van der Waals surface area contributed by atoms with E-state index >= 15 is 0 Å². The molecular formula is C21H24FN3O3. The predicted octanol–water partition coefficient (Wildman–Crippen LogP) is 3.46. The number of rotatable bonds is 4. The van der Waals surface area contributed by atoms with Gasteiger partial charge in [0.1, 0.15) is 5.82 Å². The van der Waals surface area contributed by atoms with Crippen molar-refractivity contribution < 1.29 is 18.7 Å². The van der Waals surface area contributed by atoms with Crippen LogP contribution in [-0.2, 0) is 9.53 Å². The average molecular weight is 385 g/mol. The van der Waals surface area contributed by atoms with E-state index in [2.05, 4.69) is 9.97 Å². The maximum Gasteiger partial charge on any atom is 0.225 e. The fraction of sp³-hybridized carbons (Fsp3) is 0.476. The van der Waals surface area contributed by atoms with Crippen molar-refractivity contribution in [2.75, 3.05) is 26.3 Å². The molecule has 4 rings (SSSR count). The van der Waals surface area contributed by atoms with Gasteiger partial charge in [-0.25, -0.2) is 9.37 Å². The third-order valence-electron chi connectivity index (χ3n) is 5.33. The Bertz CT molecular complexity index is 855. The SMILES string of the molecule is Cc1cc(Oc2ccccc2F)nc(C2CCN(C(=O)C3CCOCC3)C2)n1. The Morgan fingerprint density at radius 3 is 2.79 bits per heavy atom. The summed E-state index contributed by atoms with van der Waals surface area (Å²) in [5, 5.41) is 0. The lowest BCUT2D eigenvalue weighted by Gasteiger charge is -2.26. The second kappa shape index (κ2) is 8.22. The van der Waals surface area contributed by atoms with Gasteiger partial charge in [0.2, 0.25) is 11.8 Å². The fourth-order valence-corrected chi connectivity index (χ4v) is 3.81. The highest BCUT2D eigenvalue weighted by atomic mass is 19.1. The van der Waals surface area contributed by atoms with Crippen LogP contribution in [0.3, 0.4) is 0 Å². The first-order valence-corrected chi connectivity index (χ1v) is 9.74. The molecule has 0 aliphatic carbocycles. The summed E-state index contributed by atoms with van der Waals surface area (Å²) in [5.74, 6) is 0.998. The Labute approximate surface area is 163 Å². The molecule has 0 radical (unpaired) electrons. The van der Waals surface area contributed by atoms with Gasteiger partial charge >= 0.3 is 0 Å². The van der Waals surface area contributed by atoms with Gasteiger partial charge in [-0.15, -0.1) is 0 Å². The summed E-state index contributed by atoms with van der Waals surface area (Å²) in [4.78, 5) is 23.7. The van der Waals surface area contributed by atoms with Gasteiger partial charge in [0, 0.05) is 49.9 Å². The number of nitrogens with zero attached hydrogens (tertiary/aromatic N) is 3. The fourth-order valence-electron chi connectivity index (χ4n) is 3.81. The summed E-state index contributed by atoms with van der Waals surface area (Å²) >= 11 is 0. The van der Waals surface area contributed by atoms with Crippen molar-refractivity contribution >= 4 is 5.91 Å². The van der Waals surface area contributed by atoms with Crippen molar-refractivity contribution in [1.82, 2.24) is 14.9 Å². The van der Waals surface area contributed by atoms with Crippen LogP contribution in [-0.4, -0.2) is 47.1 Å². The number of benzene rings is 1. The van der Waals surface area contributed by atoms with Crippen molar-refractivity contribution in [2.45, 2.75) is 32.1 Å². The maximum absolute atomic E-state index is 13.9. The van der Waals surface area contributed by atoms with Crippen molar-refractivity contribution in [2.24, 2.45) is 5.92 Å². The molecule has 148 valence electrons. The lowest BCUT2D eigenvalue weighted by molar-refractivity contribution is -0.137. The molecule has 1 unspecified atom stereocenters. The second-order valence-electron chi connectivity index (χ2n) is 7.39. The first-order valence-electron chi connectivity index (χ1n) is 9.74. The van der Waals surface area contributed by atoms with Crippen molar-refractivity contribution in [1.29, 1.82) is 0 Å². The standard InChI is InChI=1S/C21H24FN3O3/c1-14-12-19(28-18-5-3-2-4-17(18)22)24-20(23-14)16-6-9-25(13-16)21(26)15-7-10-27-11-8-15/h2-5,12,15-16H,6-11,13H2,1H3. The van der Waals surface area contributed by atoms with Gasteiger partial charge in [-0.2, -0.15) is 4.98 Å². The Balaban J connectivity index is 1.46. The maximum atomic E-state index is 13.9. The van der Waals surface area contributed by atoms with E-state index in [0.29, 0.717) is 38.0 Å². The van der Waals surface area contributed by atoms with Gasteiger partial charge in [0.15, 0.2) is 11.6 Å². The Kier molecular flexibility index (Phi) is 5.52. The number of para-hydroxylation sites is 1. The van der Waals surface area contributed by atoms with E-state index in [0.717, 1.165) is 25.0 Å². The minimum Gasteiger partial charge on any atom is -0.436 e. The molecule has 7 heteroatoms. The third-order valence-corrected chi connectivity index (χ3v) is 5.33. The van der Waals surface area contributed by atoms with Crippen LogP contribution in [0, 0.1) is 18.7 Å². The van der Waals surface area contributed by atoms with Crippen LogP contribution in [0.15, 0.2) is 30.3 Å². The minimum atomic E-state index is -0.436. The largest absolute Gasteiger partial charge is 0.436 e. The summed E-state index contributed by atoms with van der Waals surface area (Å²) in [6.07, 6.45) is 2.40. The van der Waals surface area contributed by atoms with E-state index in [1.807, 2.05) is 11.8 Å². The van der Waals surface area contributed by atoms with Crippen LogP contribution >= 0.6 is 0 Å². The third kappa shape index (κ3) is 4.14. The van der Waals surface area contributed by atoms with Crippen LogP contribution in [0.2, 0.25) is 0 Å². The van der Waals surface area contributed by atoms with Crippen molar-refractivity contribution in [3.63, 3.8) is 0 Å². The number of aryl methyl sites for hydroxylation is 1. The lowest BCUT2D eigenvalue weighted by atomic mass is 9.99. The smallest absolute Gasteiger partial charge is 0.225 e. The monoisotopic (exact) mass is 385 g/mol. The number of hydrogen-bond donors (Lipinski definition) is 0. The average Bonchev–Trinajstić information content (AvgIpc) is 3.20. The second-order valence-corrected chi connectivity index (χ2v) is 7.39. The topological polar surface area (TPSA) is 64.5 Å². The lowest BCUT2D eigenvalue weighted by Crippen LogP contribution is -2.37. The quantitative estimate of drug-likeness (QED) is 0.807. The van der Waals surface area contributed by atoms with E-state index in [-0.39, 0.29) is 23.5 Å². The van der Waals surface area contributed by atoms with Gasteiger partial charge in [-0.1, -0.05) is 12.1 Å². The highest BCUT2D eigenvalue weighted by Crippen LogP contribution is 2.30. The summed E-state index contributed by atoms with van der Waals surface area (Å²) in [7, 11) is 0. The number of likely N-dealkylation sites (tertiary alicyclic amines) is 1. The molecule has 2 fully saturated rings. The molecule has 0 spiro atoms. The minimum absolute atomic E-state index is 0.0610. The zero-order valence-electron chi connectivity index (χ0n) is 15.9. The highest BCUT2D eigenvalue weighted by Gasteiger charge is 2.33. The summed E-state index contributed by atoms with van der Waals surface area (Å²) in [6.45, 7) is 4.50. The zero-order valence-corrected chi connectivity index (χ0v) is 15.9. The van der Waals surface area contributed by atoms with E-state index in [1.165, 1.54) is 6.07 Å². The van der Waals surface area contributed by atoms with Crippen LogP contribution in [0.25, 0.3) is 0 Å². The van der Waals surface area contributed by atoms with E-state index in [9.17, 15) is 9.18 Å². The number of aromatic nitrogens is 2. The van der Waals surface area contributed by atoms with E-state index < -0.39 is 5.82 Å². The van der Waals surface area contributed by atoms with Crippen molar-refractivity contribution in [3.8, 4) is 11.6 Å².